The van der Waals surface area contributed by atoms with Crippen LogP contribution in [0.25, 0.3) is 0 Å². The van der Waals surface area contributed by atoms with Crippen molar-refractivity contribution in [1.29, 1.82) is 0 Å². The van der Waals surface area contributed by atoms with E-state index in [0.29, 0.717) is 25.7 Å². The van der Waals surface area contributed by atoms with Gasteiger partial charge in [-0.2, -0.15) is 0 Å². The third kappa shape index (κ3) is 4.55. The third-order valence-electron chi connectivity index (χ3n) is 3.71. The van der Waals surface area contributed by atoms with Gasteiger partial charge < -0.3 is 20.3 Å². The third-order valence-corrected chi connectivity index (χ3v) is 3.71. The Morgan fingerprint density at radius 3 is 2.94 bits per heavy atom. The summed E-state index contributed by atoms with van der Waals surface area (Å²) in [6, 6.07) is 0.581. The van der Waals surface area contributed by atoms with Gasteiger partial charge in [-0.1, -0.05) is 0 Å². The van der Waals surface area contributed by atoms with Gasteiger partial charge >= 0.3 is 0 Å². The molecule has 5 heteroatoms. The summed E-state index contributed by atoms with van der Waals surface area (Å²) in [5.74, 6) is 0.262. The van der Waals surface area contributed by atoms with Crippen molar-refractivity contribution in [3.8, 4) is 0 Å². The van der Waals surface area contributed by atoms with Crippen molar-refractivity contribution in [1.82, 2.24) is 15.5 Å². The van der Waals surface area contributed by atoms with Gasteiger partial charge in [0.2, 0.25) is 5.91 Å². The van der Waals surface area contributed by atoms with Crippen LogP contribution in [0.5, 0.6) is 0 Å². The summed E-state index contributed by atoms with van der Waals surface area (Å²) in [7, 11) is 0. The highest BCUT2D eigenvalue weighted by atomic mass is 16.5. The number of nitrogens with one attached hydrogen (secondary N) is 2. The van der Waals surface area contributed by atoms with Crippen LogP contribution >= 0.6 is 0 Å². The Hall–Kier alpha value is -0.650. The predicted molar refractivity (Wildman–Crippen MR) is 70.5 cm³/mol. The molecule has 0 aromatic rings. The molecule has 2 aliphatic heterocycles. The van der Waals surface area contributed by atoms with Crippen LogP contribution in [0.15, 0.2) is 0 Å². The lowest BCUT2D eigenvalue weighted by Crippen LogP contribution is -2.42. The van der Waals surface area contributed by atoms with E-state index >= 15 is 0 Å². The molecule has 0 spiro atoms. The van der Waals surface area contributed by atoms with Crippen LogP contribution in [-0.4, -0.2) is 62.8 Å². The van der Waals surface area contributed by atoms with Crippen LogP contribution in [-0.2, 0) is 9.53 Å². The minimum absolute atomic E-state index is 0.262. The smallest absolute Gasteiger partial charge is 0.224 e. The summed E-state index contributed by atoms with van der Waals surface area (Å²) in [4.78, 5) is 13.8. The molecular weight excluding hydrogens is 230 g/mol. The van der Waals surface area contributed by atoms with E-state index in [2.05, 4.69) is 10.6 Å². The predicted octanol–water partition coefficient (Wildman–Crippen LogP) is -0.0330. The van der Waals surface area contributed by atoms with Gasteiger partial charge in [0.1, 0.15) is 0 Å². The number of carbonyl (C=O) groups excluding carboxylic acids is 1. The number of morpholine rings is 1. The fourth-order valence-corrected chi connectivity index (χ4v) is 2.58. The highest BCUT2D eigenvalue weighted by Gasteiger charge is 2.17. The summed E-state index contributed by atoms with van der Waals surface area (Å²) in [5.41, 5.74) is 0. The molecule has 1 atom stereocenters. The van der Waals surface area contributed by atoms with Crippen LogP contribution in [0.4, 0.5) is 0 Å². The van der Waals surface area contributed by atoms with E-state index in [4.69, 9.17) is 4.74 Å². The fraction of sp³-hybridized carbons (Fsp3) is 0.923. The number of rotatable bonds is 4. The zero-order valence-corrected chi connectivity index (χ0v) is 11.1. The molecule has 0 bridgehead atoms. The van der Waals surface area contributed by atoms with E-state index < -0.39 is 0 Å². The lowest BCUT2D eigenvalue weighted by Gasteiger charge is -2.27. The number of ether oxygens (including phenoxy) is 1. The first-order valence-corrected chi connectivity index (χ1v) is 7.16. The topological polar surface area (TPSA) is 53.6 Å². The Morgan fingerprint density at radius 1 is 1.28 bits per heavy atom. The van der Waals surface area contributed by atoms with Crippen LogP contribution in [0.3, 0.4) is 0 Å². The van der Waals surface area contributed by atoms with Gasteiger partial charge in [0.05, 0.1) is 13.2 Å². The summed E-state index contributed by atoms with van der Waals surface area (Å²) in [5, 5.41) is 6.91. The first-order chi connectivity index (χ1) is 8.86. The molecule has 2 saturated heterocycles. The molecule has 0 aliphatic carbocycles. The van der Waals surface area contributed by atoms with Gasteiger partial charge in [0.15, 0.2) is 0 Å². The lowest BCUT2D eigenvalue weighted by molar-refractivity contribution is -0.135. The maximum Gasteiger partial charge on any atom is 0.224 e. The van der Waals surface area contributed by atoms with Gasteiger partial charge in [-0.25, -0.2) is 0 Å². The molecule has 2 N–H and O–H groups in total. The Labute approximate surface area is 109 Å². The second-order valence-corrected chi connectivity index (χ2v) is 5.08. The summed E-state index contributed by atoms with van der Waals surface area (Å²) >= 11 is 0. The van der Waals surface area contributed by atoms with E-state index in [-0.39, 0.29) is 5.91 Å². The second-order valence-electron chi connectivity index (χ2n) is 5.08. The summed E-state index contributed by atoms with van der Waals surface area (Å²) in [6.45, 7) is 5.92. The number of hydrogen-bond donors (Lipinski definition) is 2. The van der Waals surface area contributed by atoms with Crippen LogP contribution in [0.1, 0.15) is 25.7 Å². The number of hydrogen-bond acceptors (Lipinski definition) is 4. The maximum absolute atomic E-state index is 11.9. The van der Waals surface area contributed by atoms with Crippen LogP contribution in [0.2, 0.25) is 0 Å². The standard InChI is InChI=1S/C13H25N3O2/c17-13(16-8-10-18-11-9-16)4-7-15-12-2-1-5-14-6-3-12/h12,14-15H,1-11H2. The average molecular weight is 255 g/mol. The van der Waals surface area contributed by atoms with Gasteiger partial charge in [-0.05, 0) is 32.4 Å². The molecule has 2 heterocycles. The lowest BCUT2D eigenvalue weighted by atomic mass is 10.1. The zero-order chi connectivity index (χ0) is 12.6. The number of amides is 1. The molecule has 1 unspecified atom stereocenters. The van der Waals surface area contributed by atoms with Gasteiger partial charge in [-0.3, -0.25) is 4.79 Å². The van der Waals surface area contributed by atoms with Gasteiger partial charge in [0, 0.05) is 32.1 Å². The Bertz CT molecular complexity index is 247. The Kier molecular flexibility index (Phi) is 5.90. The highest BCUT2D eigenvalue weighted by Crippen LogP contribution is 2.05. The quantitative estimate of drug-likeness (QED) is 0.740. The van der Waals surface area contributed by atoms with Crippen molar-refractivity contribution in [2.45, 2.75) is 31.7 Å². The SMILES string of the molecule is O=C(CCNC1CCCNCC1)N1CCOCC1. The number of nitrogens with zero attached hydrogens (tertiary/aromatic N) is 1. The maximum atomic E-state index is 11.9. The molecular formula is C13H25N3O2. The molecule has 2 aliphatic rings. The molecule has 0 saturated carbocycles. The molecule has 1 amide bonds. The normalized spacial score (nSPS) is 25.8. The molecule has 104 valence electrons. The summed E-state index contributed by atoms with van der Waals surface area (Å²) < 4.78 is 5.25. The van der Waals surface area contributed by atoms with Crippen molar-refractivity contribution >= 4 is 5.91 Å². The Morgan fingerprint density at radius 2 is 2.11 bits per heavy atom. The first kappa shape index (κ1) is 13.8. The van der Waals surface area contributed by atoms with E-state index in [1.54, 1.807) is 0 Å². The minimum atomic E-state index is 0.262. The fourth-order valence-electron chi connectivity index (χ4n) is 2.58. The number of carbonyl (C=O) groups is 1. The molecule has 18 heavy (non-hydrogen) atoms. The largest absolute Gasteiger partial charge is 0.378 e. The molecule has 2 fully saturated rings. The molecule has 0 aromatic carbocycles. The van der Waals surface area contributed by atoms with Crippen molar-refractivity contribution in [2.75, 3.05) is 45.9 Å². The van der Waals surface area contributed by atoms with E-state index in [1.807, 2.05) is 4.90 Å². The average Bonchev–Trinajstić information content (AvgIpc) is 2.68. The Balaban J connectivity index is 1.60. The molecule has 0 radical (unpaired) electrons. The molecule has 0 aromatic heterocycles. The van der Waals surface area contributed by atoms with Crippen molar-refractivity contribution in [3.63, 3.8) is 0 Å². The zero-order valence-electron chi connectivity index (χ0n) is 11.1. The minimum Gasteiger partial charge on any atom is -0.378 e. The highest BCUT2D eigenvalue weighted by molar-refractivity contribution is 5.76. The van der Waals surface area contributed by atoms with Gasteiger partial charge in [0.25, 0.3) is 0 Å². The van der Waals surface area contributed by atoms with Crippen LogP contribution < -0.4 is 10.6 Å². The molecule has 2 rings (SSSR count). The van der Waals surface area contributed by atoms with Crippen molar-refractivity contribution < 1.29 is 9.53 Å². The summed E-state index contributed by atoms with van der Waals surface area (Å²) in [6.07, 6.45) is 4.24. The van der Waals surface area contributed by atoms with Crippen molar-refractivity contribution in [3.05, 3.63) is 0 Å². The first-order valence-electron chi connectivity index (χ1n) is 7.16. The second kappa shape index (κ2) is 7.71. The van der Waals surface area contributed by atoms with E-state index in [1.165, 1.54) is 19.3 Å². The van der Waals surface area contributed by atoms with E-state index in [9.17, 15) is 4.79 Å². The van der Waals surface area contributed by atoms with Gasteiger partial charge in [-0.15, -0.1) is 0 Å². The molecule has 5 nitrogen and oxygen atoms in total. The van der Waals surface area contributed by atoms with Crippen LogP contribution in [0, 0.1) is 0 Å². The van der Waals surface area contributed by atoms with E-state index in [0.717, 1.165) is 32.7 Å². The van der Waals surface area contributed by atoms with Crippen molar-refractivity contribution in [2.24, 2.45) is 0 Å². The monoisotopic (exact) mass is 255 g/mol.